The maximum Gasteiger partial charge on any atom is 0.128 e. The molecule has 1 heterocycles. The smallest absolute Gasteiger partial charge is 0.128 e. The molecule has 2 nitrogen and oxygen atoms in total. The molecule has 1 aliphatic rings. The Morgan fingerprint density at radius 1 is 1.67 bits per heavy atom. The van der Waals surface area contributed by atoms with Gasteiger partial charge in [0.05, 0.1) is 0 Å². The first-order valence-corrected chi connectivity index (χ1v) is 3.28. The van der Waals surface area contributed by atoms with Crippen LogP contribution < -0.4 is 5.73 Å². The van der Waals surface area contributed by atoms with Gasteiger partial charge in [-0.25, -0.2) is 4.39 Å². The summed E-state index contributed by atoms with van der Waals surface area (Å²) >= 11 is 0. The van der Waals surface area contributed by atoms with Crippen LogP contribution in [0.15, 0.2) is 0 Å². The summed E-state index contributed by atoms with van der Waals surface area (Å²) in [6, 6.07) is -0.221. The molecular formula is C6H13FN2. The van der Waals surface area contributed by atoms with Crippen LogP contribution in [0.4, 0.5) is 4.39 Å². The molecule has 0 amide bonds. The SMILES string of the molecule is CN1CC[C@@H](N)[C@H](F)C1. The number of nitrogens with zero attached hydrogens (tertiary/aromatic N) is 1. The van der Waals surface area contributed by atoms with E-state index in [4.69, 9.17) is 5.73 Å². The highest BCUT2D eigenvalue weighted by atomic mass is 19.1. The summed E-state index contributed by atoms with van der Waals surface area (Å²) in [5.41, 5.74) is 5.44. The first-order valence-electron chi connectivity index (χ1n) is 3.28. The third-order valence-corrected chi connectivity index (χ3v) is 1.79. The monoisotopic (exact) mass is 132 g/mol. The molecule has 9 heavy (non-hydrogen) atoms. The van der Waals surface area contributed by atoms with E-state index in [2.05, 4.69) is 0 Å². The lowest BCUT2D eigenvalue weighted by Gasteiger charge is -2.29. The molecule has 0 unspecified atom stereocenters. The van der Waals surface area contributed by atoms with Crippen molar-refractivity contribution in [3.63, 3.8) is 0 Å². The van der Waals surface area contributed by atoms with Gasteiger partial charge in [0, 0.05) is 12.6 Å². The van der Waals surface area contributed by atoms with Gasteiger partial charge in [0.2, 0.25) is 0 Å². The zero-order valence-electron chi connectivity index (χ0n) is 5.68. The number of halogens is 1. The molecule has 0 bridgehead atoms. The van der Waals surface area contributed by atoms with E-state index in [1.54, 1.807) is 0 Å². The third kappa shape index (κ3) is 1.63. The van der Waals surface area contributed by atoms with E-state index >= 15 is 0 Å². The minimum Gasteiger partial charge on any atom is -0.325 e. The number of nitrogens with two attached hydrogens (primary N) is 1. The van der Waals surface area contributed by atoms with Gasteiger partial charge in [-0.2, -0.15) is 0 Å². The van der Waals surface area contributed by atoms with Crippen molar-refractivity contribution in [2.45, 2.75) is 18.6 Å². The van der Waals surface area contributed by atoms with E-state index in [9.17, 15) is 4.39 Å². The van der Waals surface area contributed by atoms with Gasteiger partial charge in [0.25, 0.3) is 0 Å². The molecular weight excluding hydrogens is 119 g/mol. The molecule has 0 aromatic carbocycles. The zero-order valence-corrected chi connectivity index (χ0v) is 5.68. The fourth-order valence-corrected chi connectivity index (χ4v) is 1.07. The van der Waals surface area contributed by atoms with Gasteiger partial charge >= 0.3 is 0 Å². The standard InChI is InChI=1S/C6H13FN2/c1-9-3-2-6(8)5(7)4-9/h5-6H,2-4,8H2,1H3/t5-,6-/m1/s1. The minimum absolute atomic E-state index is 0.221. The summed E-state index contributed by atoms with van der Waals surface area (Å²) in [5.74, 6) is 0. The van der Waals surface area contributed by atoms with Crippen molar-refractivity contribution in [3.05, 3.63) is 0 Å². The fraction of sp³-hybridized carbons (Fsp3) is 1.00. The molecule has 0 aliphatic carbocycles. The van der Waals surface area contributed by atoms with Gasteiger partial charge in [-0.15, -0.1) is 0 Å². The number of rotatable bonds is 0. The van der Waals surface area contributed by atoms with Crippen LogP contribution in [0.3, 0.4) is 0 Å². The van der Waals surface area contributed by atoms with Crippen LogP contribution in [0.1, 0.15) is 6.42 Å². The largest absolute Gasteiger partial charge is 0.325 e. The van der Waals surface area contributed by atoms with Gasteiger partial charge in [-0.05, 0) is 20.0 Å². The van der Waals surface area contributed by atoms with Crippen molar-refractivity contribution in [3.8, 4) is 0 Å². The third-order valence-electron chi connectivity index (χ3n) is 1.79. The quantitative estimate of drug-likeness (QED) is 0.502. The Kier molecular flexibility index (Phi) is 2.03. The summed E-state index contributed by atoms with van der Waals surface area (Å²) in [7, 11) is 1.92. The average molecular weight is 132 g/mol. The lowest BCUT2D eigenvalue weighted by atomic mass is 10.1. The summed E-state index contributed by atoms with van der Waals surface area (Å²) < 4.78 is 12.7. The molecule has 0 aromatic heterocycles. The molecule has 1 rings (SSSR count). The number of hydrogen-bond donors (Lipinski definition) is 1. The Labute approximate surface area is 54.8 Å². The predicted molar refractivity (Wildman–Crippen MR) is 35.0 cm³/mol. The maximum atomic E-state index is 12.7. The van der Waals surface area contributed by atoms with Crippen molar-refractivity contribution in [1.82, 2.24) is 4.90 Å². The summed E-state index contributed by atoms with van der Waals surface area (Å²) in [6.45, 7) is 1.43. The molecule has 1 fully saturated rings. The van der Waals surface area contributed by atoms with Crippen molar-refractivity contribution < 1.29 is 4.39 Å². The summed E-state index contributed by atoms with van der Waals surface area (Å²) in [4.78, 5) is 1.97. The Morgan fingerprint density at radius 3 is 2.78 bits per heavy atom. The average Bonchev–Trinajstić information content (AvgIpc) is 1.80. The summed E-state index contributed by atoms with van der Waals surface area (Å²) in [6.07, 6.45) is -0.0266. The molecule has 3 heteroatoms. The lowest BCUT2D eigenvalue weighted by molar-refractivity contribution is 0.141. The second-order valence-electron chi connectivity index (χ2n) is 2.73. The van der Waals surface area contributed by atoms with Crippen LogP contribution in [0.2, 0.25) is 0 Å². The van der Waals surface area contributed by atoms with Crippen molar-refractivity contribution in [2.24, 2.45) is 5.73 Å². The highest BCUT2D eigenvalue weighted by Gasteiger charge is 2.23. The van der Waals surface area contributed by atoms with E-state index in [-0.39, 0.29) is 6.04 Å². The summed E-state index contributed by atoms with van der Waals surface area (Å²) in [5, 5.41) is 0. The second-order valence-corrected chi connectivity index (χ2v) is 2.73. The maximum absolute atomic E-state index is 12.7. The molecule has 0 spiro atoms. The molecule has 0 radical (unpaired) electrons. The zero-order chi connectivity index (χ0) is 6.85. The minimum atomic E-state index is -0.816. The Morgan fingerprint density at radius 2 is 2.33 bits per heavy atom. The fourth-order valence-electron chi connectivity index (χ4n) is 1.07. The first kappa shape index (κ1) is 6.96. The van der Waals surface area contributed by atoms with Gasteiger partial charge in [0.15, 0.2) is 0 Å². The number of likely N-dealkylation sites (tertiary alicyclic amines) is 1. The molecule has 54 valence electrons. The van der Waals surface area contributed by atoms with E-state index < -0.39 is 6.17 Å². The van der Waals surface area contributed by atoms with Crippen LogP contribution >= 0.6 is 0 Å². The van der Waals surface area contributed by atoms with Crippen LogP contribution in [0, 0.1) is 0 Å². The van der Waals surface area contributed by atoms with E-state index in [0.717, 1.165) is 13.0 Å². The highest BCUT2D eigenvalue weighted by molar-refractivity contribution is 4.80. The molecule has 0 aromatic rings. The number of hydrogen-bond acceptors (Lipinski definition) is 2. The van der Waals surface area contributed by atoms with Crippen molar-refractivity contribution in [1.29, 1.82) is 0 Å². The second kappa shape index (κ2) is 2.62. The van der Waals surface area contributed by atoms with Crippen LogP contribution in [-0.2, 0) is 0 Å². The Bertz CT molecular complexity index is 97.1. The molecule has 2 atom stereocenters. The van der Waals surface area contributed by atoms with Crippen LogP contribution in [0.25, 0.3) is 0 Å². The van der Waals surface area contributed by atoms with E-state index in [1.165, 1.54) is 0 Å². The highest BCUT2D eigenvalue weighted by Crippen LogP contribution is 2.09. The van der Waals surface area contributed by atoms with Gasteiger partial charge < -0.3 is 10.6 Å². The molecule has 0 saturated carbocycles. The Hall–Kier alpha value is -0.150. The van der Waals surface area contributed by atoms with Crippen molar-refractivity contribution >= 4 is 0 Å². The van der Waals surface area contributed by atoms with E-state index in [0.29, 0.717) is 6.54 Å². The first-order chi connectivity index (χ1) is 4.20. The normalized spacial score (nSPS) is 39.0. The number of piperidine rings is 1. The topological polar surface area (TPSA) is 29.3 Å². The number of alkyl halides is 1. The lowest BCUT2D eigenvalue weighted by Crippen LogP contribution is -2.46. The van der Waals surface area contributed by atoms with Crippen LogP contribution in [-0.4, -0.2) is 37.3 Å². The predicted octanol–water partition coefficient (Wildman–Crippen LogP) is -0.0127. The van der Waals surface area contributed by atoms with Crippen molar-refractivity contribution in [2.75, 3.05) is 20.1 Å². The molecule has 1 aliphatic heterocycles. The van der Waals surface area contributed by atoms with Gasteiger partial charge in [-0.1, -0.05) is 0 Å². The van der Waals surface area contributed by atoms with E-state index in [1.807, 2.05) is 11.9 Å². The Balaban J connectivity index is 2.35. The van der Waals surface area contributed by atoms with Crippen LogP contribution in [0.5, 0.6) is 0 Å². The van der Waals surface area contributed by atoms with Gasteiger partial charge in [-0.3, -0.25) is 0 Å². The molecule has 1 saturated heterocycles. The van der Waals surface area contributed by atoms with Gasteiger partial charge in [0.1, 0.15) is 6.17 Å². The molecule has 2 N–H and O–H groups in total.